The number of nitrogens with one attached hydrogen (secondary N) is 1. The number of anilines is 1. The first-order valence-corrected chi connectivity index (χ1v) is 9.25. The highest BCUT2D eigenvalue weighted by Gasteiger charge is 2.18. The van der Waals surface area contributed by atoms with E-state index in [1.54, 1.807) is 24.3 Å². The molecule has 0 bridgehead atoms. The number of carbonyl (C=O) groups excluding carboxylic acids is 2. The predicted molar refractivity (Wildman–Crippen MR) is 113 cm³/mol. The molecule has 29 heavy (non-hydrogen) atoms. The Morgan fingerprint density at radius 1 is 1.03 bits per heavy atom. The maximum atomic E-state index is 12.4. The summed E-state index contributed by atoms with van der Waals surface area (Å²) < 4.78 is 15.8. The number of para-hydroxylation sites is 1. The van der Waals surface area contributed by atoms with Gasteiger partial charge in [-0.15, -0.1) is 0 Å². The van der Waals surface area contributed by atoms with E-state index in [2.05, 4.69) is 5.32 Å². The standard InChI is InChI=1S/C23H27NO5/c1-14-12-15(2)21(16(3)13-14)24-23(26)17(4)29-20(25)11-10-18-8-7-9-19(27-5)22(18)28-6/h7-13,17H,1-6H3,(H,24,26)/b11-10+/t17-/m0/s1. The normalized spacial score (nSPS) is 11.8. The molecule has 154 valence electrons. The Morgan fingerprint density at radius 2 is 1.69 bits per heavy atom. The van der Waals surface area contributed by atoms with Crippen LogP contribution in [0.1, 0.15) is 29.2 Å². The predicted octanol–water partition coefficient (Wildman–Crippen LogP) is 4.21. The molecule has 0 saturated heterocycles. The lowest BCUT2D eigenvalue weighted by Gasteiger charge is -2.16. The molecule has 1 amide bonds. The van der Waals surface area contributed by atoms with Gasteiger partial charge < -0.3 is 19.5 Å². The van der Waals surface area contributed by atoms with Gasteiger partial charge in [0.2, 0.25) is 0 Å². The Bertz CT molecular complexity index is 910. The number of hydrogen-bond acceptors (Lipinski definition) is 5. The van der Waals surface area contributed by atoms with E-state index in [4.69, 9.17) is 14.2 Å². The van der Waals surface area contributed by atoms with Gasteiger partial charge >= 0.3 is 5.97 Å². The van der Waals surface area contributed by atoms with Crippen molar-refractivity contribution in [3.8, 4) is 11.5 Å². The summed E-state index contributed by atoms with van der Waals surface area (Å²) in [7, 11) is 3.06. The van der Waals surface area contributed by atoms with Gasteiger partial charge in [0, 0.05) is 17.3 Å². The van der Waals surface area contributed by atoms with E-state index in [0.717, 1.165) is 22.4 Å². The van der Waals surface area contributed by atoms with E-state index in [9.17, 15) is 9.59 Å². The van der Waals surface area contributed by atoms with Crippen LogP contribution in [0.4, 0.5) is 5.69 Å². The second kappa shape index (κ2) is 9.78. The molecule has 6 heteroatoms. The fourth-order valence-electron chi connectivity index (χ4n) is 3.07. The minimum absolute atomic E-state index is 0.388. The molecular formula is C23H27NO5. The molecule has 0 unspecified atom stereocenters. The van der Waals surface area contributed by atoms with Gasteiger partial charge in [-0.2, -0.15) is 0 Å². The highest BCUT2D eigenvalue weighted by atomic mass is 16.5. The number of rotatable bonds is 7. The lowest BCUT2D eigenvalue weighted by atomic mass is 10.0. The molecule has 6 nitrogen and oxygen atoms in total. The number of benzene rings is 2. The summed E-state index contributed by atoms with van der Waals surface area (Å²) in [5.74, 6) is 0.0467. The van der Waals surface area contributed by atoms with Crippen molar-refractivity contribution in [2.75, 3.05) is 19.5 Å². The number of amides is 1. The second-order valence-electron chi connectivity index (χ2n) is 6.76. The van der Waals surface area contributed by atoms with Crippen molar-refractivity contribution in [1.82, 2.24) is 0 Å². The highest BCUT2D eigenvalue weighted by molar-refractivity contribution is 5.97. The van der Waals surface area contributed by atoms with Crippen LogP contribution in [0.15, 0.2) is 36.4 Å². The molecule has 0 spiro atoms. The van der Waals surface area contributed by atoms with Crippen molar-refractivity contribution in [3.05, 3.63) is 58.7 Å². The highest BCUT2D eigenvalue weighted by Crippen LogP contribution is 2.31. The van der Waals surface area contributed by atoms with Crippen LogP contribution < -0.4 is 14.8 Å². The number of methoxy groups -OCH3 is 2. The monoisotopic (exact) mass is 397 g/mol. The zero-order valence-electron chi connectivity index (χ0n) is 17.7. The van der Waals surface area contributed by atoms with E-state index in [-0.39, 0.29) is 5.91 Å². The van der Waals surface area contributed by atoms with E-state index < -0.39 is 12.1 Å². The van der Waals surface area contributed by atoms with Crippen LogP contribution in [-0.2, 0) is 14.3 Å². The molecule has 1 N–H and O–H groups in total. The van der Waals surface area contributed by atoms with Crippen LogP contribution in [0, 0.1) is 20.8 Å². The minimum atomic E-state index is -0.945. The minimum Gasteiger partial charge on any atom is -0.493 e. The number of carbonyl (C=O) groups is 2. The molecule has 0 saturated carbocycles. The van der Waals surface area contributed by atoms with Crippen molar-refractivity contribution in [1.29, 1.82) is 0 Å². The second-order valence-corrected chi connectivity index (χ2v) is 6.76. The molecule has 0 heterocycles. The summed E-state index contributed by atoms with van der Waals surface area (Å²) in [6.07, 6.45) is 1.87. The molecule has 2 aromatic carbocycles. The SMILES string of the molecule is COc1cccc(/C=C/C(=O)O[C@@H](C)C(=O)Nc2c(C)cc(C)cc2C)c1OC. The average molecular weight is 397 g/mol. The van der Waals surface area contributed by atoms with Gasteiger partial charge in [0.05, 0.1) is 14.2 Å². The zero-order valence-corrected chi connectivity index (χ0v) is 17.7. The topological polar surface area (TPSA) is 73.9 Å². The third kappa shape index (κ3) is 5.60. The molecule has 0 aliphatic heterocycles. The zero-order chi connectivity index (χ0) is 21.6. The fraction of sp³-hybridized carbons (Fsp3) is 0.304. The van der Waals surface area contributed by atoms with Crippen LogP contribution in [0.2, 0.25) is 0 Å². The first kappa shape index (κ1) is 22.0. The smallest absolute Gasteiger partial charge is 0.331 e. The summed E-state index contributed by atoms with van der Waals surface area (Å²) >= 11 is 0. The van der Waals surface area contributed by atoms with Crippen LogP contribution >= 0.6 is 0 Å². The first-order chi connectivity index (χ1) is 13.8. The Labute approximate surface area is 171 Å². The Hall–Kier alpha value is -3.28. The molecule has 0 aliphatic rings. The molecular weight excluding hydrogens is 370 g/mol. The third-order valence-electron chi connectivity index (χ3n) is 4.42. The molecule has 0 fully saturated rings. The van der Waals surface area contributed by atoms with Crippen LogP contribution in [0.5, 0.6) is 11.5 Å². The summed E-state index contributed by atoms with van der Waals surface area (Å²) in [4.78, 5) is 24.6. The Kier molecular flexibility index (Phi) is 7.42. The van der Waals surface area contributed by atoms with Crippen LogP contribution in [0.3, 0.4) is 0 Å². The van der Waals surface area contributed by atoms with Crippen molar-refractivity contribution >= 4 is 23.6 Å². The van der Waals surface area contributed by atoms with Crippen molar-refractivity contribution < 1.29 is 23.8 Å². The third-order valence-corrected chi connectivity index (χ3v) is 4.42. The van der Waals surface area contributed by atoms with Gasteiger partial charge in [-0.1, -0.05) is 29.8 Å². The summed E-state index contributed by atoms with van der Waals surface area (Å²) in [6.45, 7) is 7.39. The van der Waals surface area contributed by atoms with Gasteiger partial charge in [0.1, 0.15) is 0 Å². The first-order valence-electron chi connectivity index (χ1n) is 9.25. The van der Waals surface area contributed by atoms with E-state index in [1.807, 2.05) is 32.9 Å². The molecule has 2 aromatic rings. The molecule has 0 radical (unpaired) electrons. The Balaban J connectivity index is 2.04. The maximum absolute atomic E-state index is 12.4. The summed E-state index contributed by atoms with van der Waals surface area (Å²) in [6, 6.07) is 9.31. The lowest BCUT2D eigenvalue weighted by Crippen LogP contribution is -2.30. The number of esters is 1. The van der Waals surface area contributed by atoms with Crippen molar-refractivity contribution in [3.63, 3.8) is 0 Å². The van der Waals surface area contributed by atoms with E-state index >= 15 is 0 Å². The van der Waals surface area contributed by atoms with E-state index in [1.165, 1.54) is 27.2 Å². The van der Waals surface area contributed by atoms with Gasteiger partial charge in [0.15, 0.2) is 17.6 Å². The Morgan fingerprint density at radius 3 is 2.28 bits per heavy atom. The van der Waals surface area contributed by atoms with Crippen LogP contribution in [-0.4, -0.2) is 32.2 Å². The van der Waals surface area contributed by atoms with Gasteiger partial charge in [-0.3, -0.25) is 4.79 Å². The number of hydrogen-bond donors (Lipinski definition) is 1. The molecule has 0 aromatic heterocycles. The quantitative estimate of drug-likeness (QED) is 0.560. The lowest BCUT2D eigenvalue weighted by molar-refractivity contribution is -0.148. The van der Waals surface area contributed by atoms with Crippen molar-refractivity contribution in [2.45, 2.75) is 33.8 Å². The summed E-state index contributed by atoms with van der Waals surface area (Å²) in [5, 5.41) is 2.84. The van der Waals surface area contributed by atoms with Gasteiger partial charge in [-0.25, -0.2) is 4.79 Å². The van der Waals surface area contributed by atoms with Gasteiger partial charge in [-0.05, 0) is 51.0 Å². The largest absolute Gasteiger partial charge is 0.493 e. The van der Waals surface area contributed by atoms with Crippen LogP contribution in [0.25, 0.3) is 6.08 Å². The summed E-state index contributed by atoms with van der Waals surface area (Å²) in [5.41, 5.74) is 4.43. The van der Waals surface area contributed by atoms with Gasteiger partial charge in [0.25, 0.3) is 5.91 Å². The number of ether oxygens (including phenoxy) is 3. The average Bonchev–Trinajstić information content (AvgIpc) is 2.68. The molecule has 2 rings (SSSR count). The molecule has 0 aliphatic carbocycles. The maximum Gasteiger partial charge on any atom is 0.331 e. The van der Waals surface area contributed by atoms with E-state index in [0.29, 0.717) is 17.1 Å². The fourth-order valence-corrected chi connectivity index (χ4v) is 3.07. The van der Waals surface area contributed by atoms with Crippen molar-refractivity contribution in [2.24, 2.45) is 0 Å². The number of aryl methyl sites for hydroxylation is 3. The molecule has 1 atom stereocenters.